The van der Waals surface area contributed by atoms with Crippen LogP contribution < -0.4 is 0 Å². The first-order valence-corrected chi connectivity index (χ1v) is 7.79. The van der Waals surface area contributed by atoms with E-state index in [-0.39, 0.29) is 0 Å². The largest absolute Gasteiger partial charge is 0.265 e. The van der Waals surface area contributed by atoms with E-state index in [1.807, 2.05) is 0 Å². The Bertz CT molecular complexity index is 423. The molecule has 4 heteroatoms. The quantitative estimate of drug-likeness (QED) is 0.550. The highest BCUT2D eigenvalue weighted by atomic mass is 32.2. The minimum absolute atomic E-state index is 0.507. The summed E-state index contributed by atoms with van der Waals surface area (Å²) < 4.78 is 28.2. The molecule has 0 aliphatic heterocycles. The van der Waals surface area contributed by atoms with Crippen molar-refractivity contribution >= 4 is 10.1 Å². The van der Waals surface area contributed by atoms with Gasteiger partial charge in [0.25, 0.3) is 10.1 Å². The molecule has 4 bridgehead atoms. The zero-order valence-electron chi connectivity index (χ0n) is 9.61. The van der Waals surface area contributed by atoms with E-state index in [0.717, 1.165) is 24.7 Å². The summed E-state index contributed by atoms with van der Waals surface area (Å²) in [5, 5.41) is 0. The van der Waals surface area contributed by atoms with Crippen LogP contribution in [0.2, 0.25) is 0 Å². The van der Waals surface area contributed by atoms with E-state index in [2.05, 4.69) is 6.58 Å². The molecule has 0 aromatic carbocycles. The lowest BCUT2D eigenvalue weighted by Crippen LogP contribution is -2.54. The third-order valence-corrected chi connectivity index (χ3v) is 5.15. The molecule has 0 heterocycles. The molecule has 2 unspecified atom stereocenters. The van der Waals surface area contributed by atoms with Crippen molar-refractivity contribution in [1.82, 2.24) is 0 Å². The SMILES string of the molecule is C=C1C2CC3CC(C2)CC1(OS(C)(=O)=O)C3. The fourth-order valence-electron chi connectivity index (χ4n) is 4.24. The average molecular weight is 242 g/mol. The Labute approximate surface area is 97.0 Å². The van der Waals surface area contributed by atoms with Crippen LogP contribution in [-0.4, -0.2) is 20.3 Å². The van der Waals surface area contributed by atoms with Crippen LogP contribution in [0.3, 0.4) is 0 Å². The molecule has 4 saturated carbocycles. The molecule has 3 nitrogen and oxygen atoms in total. The Balaban J connectivity index is 1.97. The monoisotopic (exact) mass is 242 g/mol. The first-order valence-electron chi connectivity index (χ1n) is 5.98. The molecule has 4 rings (SSSR count). The predicted molar refractivity (Wildman–Crippen MR) is 61.4 cm³/mol. The minimum atomic E-state index is -3.38. The molecule has 0 saturated heterocycles. The zero-order chi connectivity index (χ0) is 11.6. The molecule has 4 aliphatic rings. The van der Waals surface area contributed by atoms with E-state index in [9.17, 15) is 8.42 Å². The third kappa shape index (κ3) is 1.54. The van der Waals surface area contributed by atoms with Gasteiger partial charge in [0.05, 0.1) is 6.26 Å². The lowest BCUT2D eigenvalue weighted by molar-refractivity contribution is -0.0546. The molecule has 16 heavy (non-hydrogen) atoms. The Kier molecular flexibility index (Phi) is 2.09. The first-order chi connectivity index (χ1) is 7.38. The van der Waals surface area contributed by atoms with Gasteiger partial charge in [0, 0.05) is 0 Å². The molecule has 0 amide bonds. The second-order valence-electron chi connectivity index (χ2n) is 5.85. The van der Waals surface area contributed by atoms with Crippen LogP contribution in [-0.2, 0) is 14.3 Å². The van der Waals surface area contributed by atoms with Gasteiger partial charge >= 0.3 is 0 Å². The van der Waals surface area contributed by atoms with E-state index in [0.29, 0.717) is 17.8 Å². The highest BCUT2D eigenvalue weighted by Crippen LogP contribution is 2.59. The summed E-state index contributed by atoms with van der Waals surface area (Å²) in [4.78, 5) is 0. The summed E-state index contributed by atoms with van der Waals surface area (Å²) in [6, 6.07) is 0. The van der Waals surface area contributed by atoms with Gasteiger partial charge in [-0.1, -0.05) is 6.58 Å². The van der Waals surface area contributed by atoms with Gasteiger partial charge in [0.15, 0.2) is 0 Å². The summed E-state index contributed by atoms with van der Waals surface area (Å²) in [7, 11) is -3.38. The summed E-state index contributed by atoms with van der Waals surface area (Å²) in [5.74, 6) is 1.82. The maximum Gasteiger partial charge on any atom is 0.265 e. The van der Waals surface area contributed by atoms with Crippen LogP contribution in [0.1, 0.15) is 32.1 Å². The van der Waals surface area contributed by atoms with Gasteiger partial charge in [-0.2, -0.15) is 8.42 Å². The van der Waals surface area contributed by atoms with Gasteiger partial charge < -0.3 is 0 Å². The molecule has 90 valence electrons. The lowest BCUT2D eigenvalue weighted by atomic mass is 9.52. The van der Waals surface area contributed by atoms with Crippen molar-refractivity contribution in [3.8, 4) is 0 Å². The summed E-state index contributed by atoms with van der Waals surface area (Å²) >= 11 is 0. The molecule has 0 aromatic rings. The van der Waals surface area contributed by atoms with Crippen molar-refractivity contribution < 1.29 is 12.6 Å². The van der Waals surface area contributed by atoms with E-state index in [4.69, 9.17) is 4.18 Å². The maximum absolute atomic E-state index is 11.4. The fourth-order valence-corrected chi connectivity index (χ4v) is 5.07. The first kappa shape index (κ1) is 10.8. The zero-order valence-corrected chi connectivity index (χ0v) is 10.4. The van der Waals surface area contributed by atoms with Gasteiger partial charge in [0.1, 0.15) is 5.60 Å². The second kappa shape index (κ2) is 3.10. The van der Waals surface area contributed by atoms with Gasteiger partial charge in [0.2, 0.25) is 0 Å². The Morgan fingerprint density at radius 1 is 1.25 bits per heavy atom. The second-order valence-corrected chi connectivity index (χ2v) is 7.43. The van der Waals surface area contributed by atoms with Crippen LogP contribution in [0.15, 0.2) is 12.2 Å². The summed E-state index contributed by atoms with van der Waals surface area (Å²) in [6.07, 6.45) is 6.55. The molecule has 0 aromatic heterocycles. The van der Waals surface area contributed by atoms with Crippen molar-refractivity contribution in [1.29, 1.82) is 0 Å². The van der Waals surface area contributed by atoms with Gasteiger partial charge in [-0.05, 0) is 55.4 Å². The van der Waals surface area contributed by atoms with Crippen LogP contribution in [0.5, 0.6) is 0 Å². The molecule has 0 N–H and O–H groups in total. The molecule has 0 radical (unpaired) electrons. The Morgan fingerprint density at radius 3 is 2.31 bits per heavy atom. The molecule has 0 spiro atoms. The lowest BCUT2D eigenvalue weighted by Gasteiger charge is -2.56. The minimum Gasteiger partial charge on any atom is -0.259 e. The van der Waals surface area contributed by atoms with Crippen LogP contribution >= 0.6 is 0 Å². The molecule has 2 atom stereocenters. The predicted octanol–water partition coefficient (Wildman–Crippen LogP) is 2.10. The molecular formula is C12H18O3S. The third-order valence-electron chi connectivity index (χ3n) is 4.53. The number of rotatable bonds is 2. The van der Waals surface area contributed by atoms with Crippen molar-refractivity contribution in [2.24, 2.45) is 17.8 Å². The van der Waals surface area contributed by atoms with Crippen LogP contribution in [0.25, 0.3) is 0 Å². The fraction of sp³-hybridized carbons (Fsp3) is 0.833. The Hall–Kier alpha value is -0.350. The van der Waals surface area contributed by atoms with Crippen molar-refractivity contribution in [2.45, 2.75) is 37.7 Å². The topological polar surface area (TPSA) is 43.4 Å². The van der Waals surface area contributed by atoms with Gasteiger partial charge in [-0.3, -0.25) is 4.18 Å². The average Bonchev–Trinajstić information content (AvgIpc) is 2.09. The van der Waals surface area contributed by atoms with Crippen molar-refractivity contribution in [3.05, 3.63) is 12.2 Å². The number of hydrogen-bond donors (Lipinski definition) is 0. The Morgan fingerprint density at radius 2 is 1.81 bits per heavy atom. The van der Waals surface area contributed by atoms with Crippen LogP contribution in [0, 0.1) is 17.8 Å². The smallest absolute Gasteiger partial charge is 0.259 e. The number of hydrogen-bond acceptors (Lipinski definition) is 3. The van der Waals surface area contributed by atoms with Gasteiger partial charge in [-0.25, -0.2) is 0 Å². The highest BCUT2D eigenvalue weighted by molar-refractivity contribution is 7.86. The van der Waals surface area contributed by atoms with Crippen molar-refractivity contribution in [3.63, 3.8) is 0 Å². The van der Waals surface area contributed by atoms with E-state index < -0.39 is 15.7 Å². The molecule has 4 aliphatic carbocycles. The van der Waals surface area contributed by atoms with Crippen molar-refractivity contribution in [2.75, 3.05) is 6.26 Å². The summed E-state index contributed by atoms with van der Waals surface area (Å²) in [6.45, 7) is 4.12. The van der Waals surface area contributed by atoms with E-state index >= 15 is 0 Å². The van der Waals surface area contributed by atoms with Gasteiger partial charge in [-0.15, -0.1) is 0 Å². The van der Waals surface area contributed by atoms with E-state index in [1.54, 1.807) is 0 Å². The molecule has 4 fully saturated rings. The van der Waals surface area contributed by atoms with Crippen LogP contribution in [0.4, 0.5) is 0 Å². The standard InChI is InChI=1S/C12H18O3S/c1-8-11-4-9-3-10(5-11)7-12(8,6-9)15-16(2,13)14/h9-11H,1,3-7H2,2H3. The highest BCUT2D eigenvalue weighted by Gasteiger charge is 2.55. The van der Waals surface area contributed by atoms with E-state index in [1.165, 1.54) is 19.3 Å². The summed E-state index contributed by atoms with van der Waals surface area (Å²) in [5.41, 5.74) is 0.507. The molecular weight excluding hydrogens is 224 g/mol. The maximum atomic E-state index is 11.4. The normalized spacial score (nSPS) is 46.3.